The van der Waals surface area contributed by atoms with E-state index >= 15 is 0 Å². The molecule has 5 nitrogen and oxygen atoms in total. The molecule has 0 radical (unpaired) electrons. The van der Waals surface area contributed by atoms with Gasteiger partial charge < -0.3 is 5.11 Å². The van der Waals surface area contributed by atoms with Crippen molar-refractivity contribution in [2.24, 2.45) is 0 Å². The summed E-state index contributed by atoms with van der Waals surface area (Å²) in [6.45, 7) is 1.75. The van der Waals surface area contributed by atoms with Crippen molar-refractivity contribution in [3.8, 4) is 0 Å². The fourth-order valence-corrected chi connectivity index (χ4v) is 3.28. The third-order valence-corrected chi connectivity index (χ3v) is 4.51. The van der Waals surface area contributed by atoms with Crippen LogP contribution in [0.5, 0.6) is 0 Å². The van der Waals surface area contributed by atoms with Crippen LogP contribution in [-0.4, -0.2) is 25.5 Å². The molecule has 1 rings (SSSR count). The van der Waals surface area contributed by atoms with Gasteiger partial charge in [0, 0.05) is 0 Å². The van der Waals surface area contributed by atoms with E-state index in [-0.39, 0.29) is 12.5 Å². The van der Waals surface area contributed by atoms with Crippen LogP contribution in [0.15, 0.2) is 23.1 Å². The highest BCUT2D eigenvalue weighted by molar-refractivity contribution is 7.89. The van der Waals surface area contributed by atoms with Crippen molar-refractivity contribution >= 4 is 16.0 Å². The Balaban J connectivity index is 3.25. The van der Waals surface area contributed by atoms with Crippen molar-refractivity contribution in [2.75, 3.05) is 0 Å². The highest BCUT2D eigenvalue weighted by Crippen LogP contribution is 2.34. The first-order valence-electron chi connectivity index (χ1n) is 6.61. The molecule has 10 heteroatoms. The molecule has 0 saturated heterocycles. The second-order valence-corrected chi connectivity index (χ2v) is 6.47. The van der Waals surface area contributed by atoms with Crippen LogP contribution in [0, 0.1) is 5.82 Å². The highest BCUT2D eigenvalue weighted by atomic mass is 32.2. The number of carboxylic acid groups (broad SMARTS) is 1. The highest BCUT2D eigenvalue weighted by Gasteiger charge is 2.38. The zero-order valence-electron chi connectivity index (χ0n) is 12.0. The lowest BCUT2D eigenvalue weighted by molar-refractivity contribution is -0.140. The molecule has 0 aliphatic carbocycles. The lowest BCUT2D eigenvalue weighted by Crippen LogP contribution is -2.41. The van der Waals surface area contributed by atoms with Crippen molar-refractivity contribution in [1.82, 2.24) is 4.72 Å². The molecule has 0 fully saturated rings. The van der Waals surface area contributed by atoms with Gasteiger partial charge in [0.2, 0.25) is 10.0 Å². The van der Waals surface area contributed by atoms with Crippen LogP contribution in [0.4, 0.5) is 17.6 Å². The first-order chi connectivity index (χ1) is 10.5. The Morgan fingerprint density at radius 1 is 1.35 bits per heavy atom. The van der Waals surface area contributed by atoms with Crippen LogP contribution >= 0.6 is 0 Å². The van der Waals surface area contributed by atoms with E-state index in [1.165, 1.54) is 0 Å². The van der Waals surface area contributed by atoms with Gasteiger partial charge >= 0.3 is 12.1 Å². The van der Waals surface area contributed by atoms with E-state index in [4.69, 9.17) is 5.11 Å². The SMILES string of the molecule is CCCC[C@H](NS(=O)(=O)c1ccc(F)cc1C(F)(F)F)C(=O)O. The van der Waals surface area contributed by atoms with E-state index in [1.54, 1.807) is 11.6 Å². The maximum absolute atomic E-state index is 13.0. The van der Waals surface area contributed by atoms with Gasteiger partial charge in [0.25, 0.3) is 0 Å². The Kier molecular flexibility index (Phi) is 6.11. The van der Waals surface area contributed by atoms with Gasteiger partial charge in [0.1, 0.15) is 11.9 Å². The number of halogens is 4. The second kappa shape index (κ2) is 7.26. The summed E-state index contributed by atoms with van der Waals surface area (Å²) >= 11 is 0. The molecule has 1 atom stereocenters. The molecule has 0 unspecified atom stereocenters. The molecule has 0 aliphatic rings. The maximum atomic E-state index is 13.0. The minimum atomic E-state index is -5.10. The number of alkyl halides is 3. The molecule has 0 spiro atoms. The summed E-state index contributed by atoms with van der Waals surface area (Å²) in [4.78, 5) is 9.83. The number of sulfonamides is 1. The molecule has 0 aliphatic heterocycles. The minimum Gasteiger partial charge on any atom is -0.480 e. The molecule has 130 valence electrons. The Labute approximate surface area is 130 Å². The van der Waals surface area contributed by atoms with Gasteiger partial charge in [-0.3, -0.25) is 4.79 Å². The van der Waals surface area contributed by atoms with Gasteiger partial charge in [-0.15, -0.1) is 0 Å². The first-order valence-corrected chi connectivity index (χ1v) is 8.09. The van der Waals surface area contributed by atoms with E-state index in [1.807, 2.05) is 0 Å². The number of carboxylic acids is 1. The molecule has 0 heterocycles. The number of benzene rings is 1. The number of unbranched alkanes of at least 4 members (excludes halogenated alkanes) is 1. The van der Waals surface area contributed by atoms with Gasteiger partial charge in [-0.1, -0.05) is 19.8 Å². The Morgan fingerprint density at radius 3 is 2.43 bits per heavy atom. The summed E-state index contributed by atoms with van der Waals surface area (Å²) in [6, 6.07) is -0.493. The fraction of sp³-hybridized carbons (Fsp3) is 0.462. The zero-order chi connectivity index (χ0) is 17.8. The number of hydrogen-bond donors (Lipinski definition) is 2. The standard InChI is InChI=1S/C13H15F4NO4S/c1-2-3-4-10(12(19)20)18-23(21,22)11-6-5-8(14)7-9(11)13(15,16)17/h5-7,10,18H,2-4H2,1H3,(H,19,20)/t10-/m0/s1. The molecular formula is C13H15F4NO4S. The maximum Gasteiger partial charge on any atom is 0.417 e. The molecular weight excluding hydrogens is 342 g/mol. The van der Waals surface area contributed by atoms with Crippen LogP contribution < -0.4 is 4.72 Å². The Bertz CT molecular complexity index is 673. The molecule has 0 amide bonds. The largest absolute Gasteiger partial charge is 0.480 e. The minimum absolute atomic E-state index is 0.0520. The predicted octanol–water partition coefficient (Wildman–Crippen LogP) is 2.77. The van der Waals surface area contributed by atoms with Crippen LogP contribution in [0.1, 0.15) is 31.7 Å². The van der Waals surface area contributed by atoms with Gasteiger partial charge in [-0.05, 0) is 24.6 Å². The normalized spacial score (nSPS) is 13.8. The van der Waals surface area contributed by atoms with E-state index < -0.39 is 44.5 Å². The van der Waals surface area contributed by atoms with Crippen LogP contribution in [0.2, 0.25) is 0 Å². The molecule has 0 saturated carbocycles. The van der Waals surface area contributed by atoms with Crippen molar-refractivity contribution < 1.29 is 35.9 Å². The summed E-state index contributed by atoms with van der Waals surface area (Å²) in [5.74, 6) is -2.75. The zero-order valence-corrected chi connectivity index (χ0v) is 12.8. The average Bonchev–Trinajstić information content (AvgIpc) is 2.41. The van der Waals surface area contributed by atoms with Gasteiger partial charge in [-0.2, -0.15) is 17.9 Å². The number of hydrogen-bond acceptors (Lipinski definition) is 3. The van der Waals surface area contributed by atoms with Gasteiger partial charge in [0.15, 0.2) is 0 Å². The molecule has 23 heavy (non-hydrogen) atoms. The molecule has 0 bridgehead atoms. The van der Waals surface area contributed by atoms with Crippen molar-refractivity contribution in [3.05, 3.63) is 29.6 Å². The van der Waals surface area contributed by atoms with Gasteiger partial charge in [-0.25, -0.2) is 12.8 Å². The lowest BCUT2D eigenvalue weighted by atomic mass is 10.1. The van der Waals surface area contributed by atoms with Crippen molar-refractivity contribution in [2.45, 2.75) is 43.3 Å². The van der Waals surface area contributed by atoms with Crippen molar-refractivity contribution in [3.63, 3.8) is 0 Å². The summed E-state index contributed by atoms with van der Waals surface area (Å²) in [7, 11) is -4.78. The summed E-state index contributed by atoms with van der Waals surface area (Å²) in [5.41, 5.74) is -1.69. The average molecular weight is 357 g/mol. The fourth-order valence-electron chi connectivity index (χ4n) is 1.85. The smallest absolute Gasteiger partial charge is 0.417 e. The molecule has 2 N–H and O–H groups in total. The predicted molar refractivity (Wildman–Crippen MR) is 72.7 cm³/mol. The topological polar surface area (TPSA) is 83.5 Å². The number of carbonyl (C=O) groups is 1. The number of nitrogens with one attached hydrogen (secondary N) is 1. The summed E-state index contributed by atoms with van der Waals surface area (Å²) < 4.78 is 77.6. The molecule has 1 aromatic rings. The third kappa shape index (κ3) is 5.17. The summed E-state index contributed by atoms with van der Waals surface area (Å²) in [6.07, 6.45) is -4.23. The summed E-state index contributed by atoms with van der Waals surface area (Å²) in [5, 5.41) is 8.97. The van der Waals surface area contributed by atoms with Crippen LogP contribution in [0.3, 0.4) is 0 Å². The number of aliphatic carboxylic acids is 1. The monoisotopic (exact) mass is 357 g/mol. The Hall–Kier alpha value is -1.68. The molecule has 1 aromatic carbocycles. The number of rotatable bonds is 7. The quantitative estimate of drug-likeness (QED) is 0.735. The lowest BCUT2D eigenvalue weighted by Gasteiger charge is -2.17. The second-order valence-electron chi connectivity index (χ2n) is 4.79. The third-order valence-electron chi connectivity index (χ3n) is 2.98. The van der Waals surface area contributed by atoms with E-state index in [0.29, 0.717) is 25.0 Å². The van der Waals surface area contributed by atoms with Crippen molar-refractivity contribution in [1.29, 1.82) is 0 Å². The Morgan fingerprint density at radius 2 is 1.96 bits per heavy atom. The first kappa shape index (κ1) is 19.4. The van der Waals surface area contributed by atoms with Crippen LogP contribution in [0.25, 0.3) is 0 Å². The van der Waals surface area contributed by atoms with Gasteiger partial charge in [0.05, 0.1) is 10.5 Å². The molecule has 0 aromatic heterocycles. The van der Waals surface area contributed by atoms with E-state index in [9.17, 15) is 30.8 Å². The van der Waals surface area contributed by atoms with E-state index in [2.05, 4.69) is 0 Å². The van der Waals surface area contributed by atoms with Crippen LogP contribution in [-0.2, 0) is 21.0 Å². The van der Waals surface area contributed by atoms with E-state index in [0.717, 1.165) is 0 Å².